The number of carbonyl (C=O) groups is 1. The molecule has 2 aromatic rings. The predicted octanol–water partition coefficient (Wildman–Crippen LogP) is 1.72. The Morgan fingerprint density at radius 1 is 1.32 bits per heavy atom. The van der Waals surface area contributed by atoms with Crippen LogP contribution < -0.4 is 14.8 Å². The fourth-order valence-corrected chi connectivity index (χ4v) is 1.76. The molecule has 1 aromatic heterocycles. The topological polar surface area (TPSA) is 86.5 Å². The summed E-state index contributed by atoms with van der Waals surface area (Å²) in [5.74, 6) is 1.88. The molecule has 0 saturated heterocycles. The van der Waals surface area contributed by atoms with Gasteiger partial charge in [0.15, 0.2) is 17.3 Å². The first-order chi connectivity index (χ1) is 10.6. The van der Waals surface area contributed by atoms with Gasteiger partial charge in [0.25, 0.3) is 0 Å². The second-order valence-corrected chi connectivity index (χ2v) is 4.40. The maximum Gasteiger partial charge on any atom is 0.246 e. The molecule has 0 aliphatic rings. The van der Waals surface area contributed by atoms with Crippen LogP contribution in [0.2, 0.25) is 0 Å². The molecule has 1 aromatic carbocycles. The molecule has 0 spiro atoms. The van der Waals surface area contributed by atoms with Crippen molar-refractivity contribution < 1.29 is 18.8 Å². The van der Waals surface area contributed by atoms with Gasteiger partial charge in [0.05, 0.1) is 20.8 Å². The number of rotatable bonds is 6. The number of aromatic nitrogens is 2. The smallest absolute Gasteiger partial charge is 0.246 e. The van der Waals surface area contributed by atoms with Gasteiger partial charge in [0, 0.05) is 6.08 Å². The van der Waals surface area contributed by atoms with Crippen molar-refractivity contribution in [2.45, 2.75) is 13.5 Å². The molecule has 0 unspecified atom stereocenters. The average Bonchev–Trinajstić information content (AvgIpc) is 2.96. The summed E-state index contributed by atoms with van der Waals surface area (Å²) in [7, 11) is 3.13. The fourth-order valence-electron chi connectivity index (χ4n) is 1.76. The van der Waals surface area contributed by atoms with Crippen LogP contribution in [0, 0.1) is 6.92 Å². The third-order valence-corrected chi connectivity index (χ3v) is 2.82. The Morgan fingerprint density at radius 3 is 2.73 bits per heavy atom. The van der Waals surface area contributed by atoms with Crippen molar-refractivity contribution in [2.24, 2.45) is 0 Å². The first kappa shape index (κ1) is 15.6. The lowest BCUT2D eigenvalue weighted by atomic mass is 10.2. The Hall–Kier alpha value is -2.83. The van der Waals surface area contributed by atoms with Crippen molar-refractivity contribution in [3.63, 3.8) is 0 Å². The quantitative estimate of drug-likeness (QED) is 0.818. The minimum atomic E-state index is -0.259. The summed E-state index contributed by atoms with van der Waals surface area (Å²) < 4.78 is 15.3. The largest absolute Gasteiger partial charge is 0.493 e. The summed E-state index contributed by atoms with van der Waals surface area (Å²) in [6.07, 6.45) is 3.10. The molecule has 0 bridgehead atoms. The van der Waals surface area contributed by atoms with Crippen LogP contribution in [0.1, 0.15) is 17.3 Å². The highest BCUT2D eigenvalue weighted by molar-refractivity contribution is 5.91. The lowest BCUT2D eigenvalue weighted by molar-refractivity contribution is -0.116. The number of ether oxygens (including phenoxy) is 2. The van der Waals surface area contributed by atoms with Gasteiger partial charge in [-0.3, -0.25) is 4.79 Å². The Labute approximate surface area is 127 Å². The molecule has 0 aliphatic heterocycles. The molecule has 1 N–H and O–H groups in total. The van der Waals surface area contributed by atoms with E-state index >= 15 is 0 Å². The second-order valence-electron chi connectivity index (χ2n) is 4.40. The van der Waals surface area contributed by atoms with Crippen molar-refractivity contribution >= 4 is 12.0 Å². The summed E-state index contributed by atoms with van der Waals surface area (Å²) in [4.78, 5) is 15.7. The average molecular weight is 303 g/mol. The third-order valence-electron chi connectivity index (χ3n) is 2.82. The van der Waals surface area contributed by atoms with Crippen LogP contribution in [0.25, 0.3) is 6.08 Å². The monoisotopic (exact) mass is 303 g/mol. The molecule has 2 rings (SSSR count). The Bertz CT molecular complexity index is 679. The van der Waals surface area contributed by atoms with Crippen molar-refractivity contribution in [3.8, 4) is 11.5 Å². The first-order valence-corrected chi connectivity index (χ1v) is 6.59. The summed E-state index contributed by atoms with van der Waals surface area (Å²) in [5, 5.41) is 6.30. The van der Waals surface area contributed by atoms with Gasteiger partial charge in [-0.15, -0.1) is 0 Å². The predicted molar refractivity (Wildman–Crippen MR) is 79.5 cm³/mol. The van der Waals surface area contributed by atoms with Gasteiger partial charge in [-0.05, 0) is 30.7 Å². The van der Waals surface area contributed by atoms with E-state index in [1.54, 1.807) is 39.4 Å². The van der Waals surface area contributed by atoms with Gasteiger partial charge in [-0.25, -0.2) is 0 Å². The number of methoxy groups -OCH3 is 2. The zero-order valence-corrected chi connectivity index (χ0v) is 12.6. The van der Waals surface area contributed by atoms with Crippen LogP contribution in [-0.4, -0.2) is 30.3 Å². The molecule has 0 fully saturated rings. The molecule has 7 heteroatoms. The maximum absolute atomic E-state index is 11.7. The number of carbonyl (C=O) groups excluding carboxylic acids is 1. The van der Waals surface area contributed by atoms with Crippen LogP contribution in [0.3, 0.4) is 0 Å². The van der Waals surface area contributed by atoms with E-state index < -0.39 is 0 Å². The lowest BCUT2D eigenvalue weighted by Crippen LogP contribution is -2.20. The summed E-state index contributed by atoms with van der Waals surface area (Å²) in [6, 6.07) is 5.38. The molecule has 0 atom stereocenters. The van der Waals surface area contributed by atoms with E-state index in [1.807, 2.05) is 6.07 Å². The second kappa shape index (κ2) is 7.26. The van der Waals surface area contributed by atoms with E-state index in [4.69, 9.17) is 14.0 Å². The lowest BCUT2D eigenvalue weighted by Gasteiger charge is -2.07. The SMILES string of the molecule is COc1ccc(/C=C/C(=O)NCc2nc(C)no2)cc1OC. The summed E-state index contributed by atoms with van der Waals surface area (Å²) >= 11 is 0. The molecule has 0 saturated carbocycles. The zero-order chi connectivity index (χ0) is 15.9. The number of benzene rings is 1. The summed E-state index contributed by atoms with van der Waals surface area (Å²) in [5.41, 5.74) is 0.821. The van der Waals surface area contributed by atoms with Crippen molar-refractivity contribution in [1.82, 2.24) is 15.5 Å². The highest BCUT2D eigenvalue weighted by atomic mass is 16.5. The number of nitrogens with one attached hydrogen (secondary N) is 1. The van der Waals surface area contributed by atoms with Gasteiger partial charge < -0.3 is 19.3 Å². The van der Waals surface area contributed by atoms with Crippen LogP contribution >= 0.6 is 0 Å². The van der Waals surface area contributed by atoms with E-state index in [0.29, 0.717) is 23.2 Å². The highest BCUT2D eigenvalue weighted by Crippen LogP contribution is 2.27. The van der Waals surface area contributed by atoms with Crippen molar-refractivity contribution in [1.29, 1.82) is 0 Å². The van der Waals surface area contributed by atoms with Gasteiger partial charge in [-0.1, -0.05) is 11.2 Å². The van der Waals surface area contributed by atoms with Gasteiger partial charge in [-0.2, -0.15) is 4.98 Å². The molecule has 1 amide bonds. The standard InChI is InChI=1S/C15H17N3O4/c1-10-17-15(22-18-10)9-16-14(19)7-5-11-4-6-12(20-2)13(8-11)21-3/h4-8H,9H2,1-3H3,(H,16,19)/b7-5+. The van der Waals surface area contributed by atoms with Gasteiger partial charge >= 0.3 is 0 Å². The third kappa shape index (κ3) is 4.08. The number of hydrogen-bond acceptors (Lipinski definition) is 6. The molecule has 1 heterocycles. The van der Waals surface area contributed by atoms with E-state index in [1.165, 1.54) is 6.08 Å². The van der Waals surface area contributed by atoms with Crippen molar-refractivity contribution in [3.05, 3.63) is 41.6 Å². The van der Waals surface area contributed by atoms with Crippen molar-refractivity contribution in [2.75, 3.05) is 14.2 Å². The molecule has 22 heavy (non-hydrogen) atoms. The van der Waals surface area contributed by atoms with Gasteiger partial charge in [0.2, 0.25) is 11.8 Å². The normalized spacial score (nSPS) is 10.7. The molecule has 7 nitrogen and oxygen atoms in total. The first-order valence-electron chi connectivity index (χ1n) is 6.59. The number of nitrogens with zero attached hydrogens (tertiary/aromatic N) is 2. The minimum Gasteiger partial charge on any atom is -0.493 e. The molecular formula is C15H17N3O4. The van der Waals surface area contributed by atoms with E-state index in [2.05, 4.69) is 15.5 Å². The van der Waals surface area contributed by atoms with Crippen LogP contribution in [0.4, 0.5) is 0 Å². The fraction of sp³-hybridized carbons (Fsp3) is 0.267. The molecule has 0 radical (unpaired) electrons. The molecule has 0 aliphatic carbocycles. The maximum atomic E-state index is 11.7. The number of aryl methyl sites for hydroxylation is 1. The Balaban J connectivity index is 1.94. The highest BCUT2D eigenvalue weighted by Gasteiger charge is 2.05. The van der Waals surface area contributed by atoms with Crippen LogP contribution in [0.15, 0.2) is 28.8 Å². The number of amides is 1. The molecular weight excluding hydrogens is 286 g/mol. The van der Waals surface area contributed by atoms with Crippen LogP contribution in [0.5, 0.6) is 11.5 Å². The minimum absolute atomic E-state index is 0.190. The Kier molecular flexibility index (Phi) is 5.13. The number of hydrogen-bond donors (Lipinski definition) is 1. The van der Waals surface area contributed by atoms with E-state index in [0.717, 1.165) is 5.56 Å². The summed E-state index contributed by atoms with van der Waals surface area (Å²) in [6.45, 7) is 1.90. The molecule has 116 valence electrons. The Morgan fingerprint density at radius 2 is 2.09 bits per heavy atom. The van der Waals surface area contributed by atoms with E-state index in [-0.39, 0.29) is 12.5 Å². The van der Waals surface area contributed by atoms with E-state index in [9.17, 15) is 4.79 Å². The zero-order valence-electron chi connectivity index (χ0n) is 12.6. The van der Waals surface area contributed by atoms with Crippen LogP contribution in [-0.2, 0) is 11.3 Å². The van der Waals surface area contributed by atoms with Gasteiger partial charge in [0.1, 0.15) is 0 Å².